The molecule has 1 aromatic heterocycles. The summed E-state index contributed by atoms with van der Waals surface area (Å²) >= 11 is 5.64. The minimum atomic E-state index is -0.168. The maximum absolute atomic E-state index is 11.7. The Morgan fingerprint density at radius 1 is 1.40 bits per heavy atom. The first kappa shape index (κ1) is 13.3. The average molecular weight is 303 g/mol. The van der Waals surface area contributed by atoms with Gasteiger partial charge in [-0.2, -0.15) is 5.10 Å². The summed E-state index contributed by atoms with van der Waals surface area (Å²) in [6, 6.07) is 9.91. The first-order valence-electron chi connectivity index (χ1n) is 6.12. The Kier molecular flexibility index (Phi) is 3.58. The van der Waals surface area contributed by atoms with Gasteiger partial charge >= 0.3 is 0 Å². The van der Waals surface area contributed by atoms with Crippen molar-refractivity contribution in [3.63, 3.8) is 0 Å². The normalized spacial score (nSPS) is 20.4. The van der Waals surface area contributed by atoms with Crippen LogP contribution in [0.3, 0.4) is 0 Å². The Morgan fingerprint density at radius 3 is 2.80 bits per heavy atom. The van der Waals surface area contributed by atoms with Crippen molar-refractivity contribution in [3.05, 3.63) is 52.7 Å². The van der Waals surface area contributed by atoms with E-state index in [2.05, 4.69) is 23.0 Å². The predicted molar refractivity (Wildman–Crippen MR) is 84.8 cm³/mol. The number of thiol groups is 1. The lowest BCUT2D eigenvalue weighted by molar-refractivity contribution is -0.116. The molecule has 1 unspecified atom stereocenters. The Morgan fingerprint density at radius 2 is 2.15 bits per heavy atom. The number of carbonyl (C=O) groups excluding carboxylic acids is 1. The molecule has 20 heavy (non-hydrogen) atoms. The molecule has 2 aromatic rings. The van der Waals surface area contributed by atoms with E-state index in [4.69, 9.17) is 0 Å². The average Bonchev–Trinajstić information content (AvgIpc) is 2.95. The molecule has 1 amide bonds. The number of thioether (sulfide) groups is 1. The highest BCUT2D eigenvalue weighted by Crippen LogP contribution is 2.31. The number of nitrogens with zero attached hydrogens (tertiary/aromatic N) is 2. The standard InChI is InChI=1S/C14H13N3OS2/c1-9-10(7-12-13(18)16-14(19)20-12)8-15-17(9)11-5-3-2-4-6-11/h2-8,14,19H,1H3,(H,16,18)/b12-7-. The molecule has 3 rings (SSSR count). The van der Waals surface area contributed by atoms with Crippen LogP contribution < -0.4 is 5.32 Å². The van der Waals surface area contributed by atoms with Crippen LogP contribution in [-0.2, 0) is 4.79 Å². The van der Waals surface area contributed by atoms with Crippen molar-refractivity contribution < 1.29 is 4.79 Å². The SMILES string of the molecule is Cc1c(/C=C2\SC(S)NC2=O)cnn1-c1ccccc1. The fourth-order valence-electron chi connectivity index (χ4n) is 2.02. The quantitative estimate of drug-likeness (QED) is 0.662. The van der Waals surface area contributed by atoms with Crippen LogP contribution in [0.2, 0.25) is 0 Å². The van der Waals surface area contributed by atoms with Crippen LogP contribution in [0.4, 0.5) is 0 Å². The van der Waals surface area contributed by atoms with E-state index in [1.54, 1.807) is 6.20 Å². The first-order chi connectivity index (χ1) is 9.65. The van der Waals surface area contributed by atoms with Crippen molar-refractivity contribution >= 4 is 36.4 Å². The zero-order valence-corrected chi connectivity index (χ0v) is 12.5. The second kappa shape index (κ2) is 5.38. The second-order valence-corrected chi connectivity index (χ2v) is 6.40. The summed E-state index contributed by atoms with van der Waals surface area (Å²) in [4.78, 5) is 12.4. The molecular formula is C14H13N3OS2. The van der Waals surface area contributed by atoms with Gasteiger partial charge in [0.1, 0.15) is 4.71 Å². The number of aromatic nitrogens is 2. The third-order valence-corrected chi connectivity index (χ3v) is 4.40. The van der Waals surface area contributed by atoms with Crippen LogP contribution in [0.25, 0.3) is 11.8 Å². The Labute approximate surface area is 126 Å². The summed E-state index contributed by atoms with van der Waals surface area (Å²) in [6.45, 7) is 1.99. The van der Waals surface area contributed by atoms with E-state index in [9.17, 15) is 4.79 Å². The number of hydrogen-bond donors (Lipinski definition) is 2. The van der Waals surface area contributed by atoms with Gasteiger partial charge in [0.25, 0.3) is 5.91 Å². The van der Waals surface area contributed by atoms with Gasteiger partial charge in [0.05, 0.1) is 16.8 Å². The van der Waals surface area contributed by atoms with Gasteiger partial charge in [-0.15, -0.1) is 12.6 Å². The molecule has 6 heteroatoms. The summed E-state index contributed by atoms with van der Waals surface area (Å²) in [7, 11) is 0. The Hall–Kier alpha value is -1.66. The van der Waals surface area contributed by atoms with Gasteiger partial charge < -0.3 is 5.32 Å². The monoisotopic (exact) mass is 303 g/mol. The van der Waals surface area contributed by atoms with Crippen molar-refractivity contribution in [2.24, 2.45) is 0 Å². The van der Waals surface area contributed by atoms with Crippen molar-refractivity contribution in [2.45, 2.75) is 11.6 Å². The molecule has 1 aromatic carbocycles. The maximum atomic E-state index is 11.7. The highest BCUT2D eigenvalue weighted by atomic mass is 32.2. The number of rotatable bonds is 2. The van der Waals surface area contributed by atoms with Gasteiger partial charge in [0, 0.05) is 11.3 Å². The molecule has 0 spiro atoms. The van der Waals surface area contributed by atoms with E-state index < -0.39 is 0 Å². The highest BCUT2D eigenvalue weighted by molar-refractivity contribution is 8.14. The fourth-order valence-corrected chi connectivity index (χ4v) is 3.25. The van der Waals surface area contributed by atoms with Crippen molar-refractivity contribution in [3.8, 4) is 5.69 Å². The van der Waals surface area contributed by atoms with Crippen LogP contribution in [0, 0.1) is 6.92 Å². The molecule has 0 aliphatic carbocycles. The lowest BCUT2D eigenvalue weighted by Gasteiger charge is -2.03. The molecule has 1 saturated heterocycles. The van der Waals surface area contributed by atoms with E-state index in [-0.39, 0.29) is 10.6 Å². The predicted octanol–water partition coefficient (Wildman–Crippen LogP) is 2.60. The second-order valence-electron chi connectivity index (χ2n) is 4.38. The minimum Gasteiger partial charge on any atom is -0.331 e. The van der Waals surface area contributed by atoms with Crippen LogP contribution in [0.5, 0.6) is 0 Å². The molecule has 0 bridgehead atoms. The van der Waals surface area contributed by atoms with Crippen LogP contribution in [0.15, 0.2) is 41.4 Å². The Bertz CT molecular complexity index is 679. The molecule has 4 nitrogen and oxygen atoms in total. The molecule has 2 heterocycles. The van der Waals surface area contributed by atoms with E-state index >= 15 is 0 Å². The third-order valence-electron chi connectivity index (χ3n) is 3.05. The molecule has 0 radical (unpaired) electrons. The summed E-state index contributed by atoms with van der Waals surface area (Å²) in [6.07, 6.45) is 3.63. The molecular weight excluding hydrogens is 290 g/mol. The number of hydrogen-bond acceptors (Lipinski definition) is 4. The van der Waals surface area contributed by atoms with Gasteiger partial charge in [-0.1, -0.05) is 30.0 Å². The largest absolute Gasteiger partial charge is 0.331 e. The molecule has 1 aliphatic rings. The van der Waals surface area contributed by atoms with Crippen LogP contribution in [0.1, 0.15) is 11.3 Å². The van der Waals surface area contributed by atoms with Gasteiger partial charge in [-0.05, 0) is 25.1 Å². The number of carbonyl (C=O) groups is 1. The van der Waals surface area contributed by atoms with Crippen molar-refractivity contribution in [1.82, 2.24) is 15.1 Å². The number of amides is 1. The van der Waals surface area contributed by atoms with Crippen molar-refractivity contribution in [2.75, 3.05) is 0 Å². The molecule has 1 aliphatic heterocycles. The van der Waals surface area contributed by atoms with Gasteiger partial charge in [-0.25, -0.2) is 4.68 Å². The van der Waals surface area contributed by atoms with Crippen LogP contribution >= 0.6 is 24.4 Å². The smallest absolute Gasteiger partial charge is 0.259 e. The van der Waals surface area contributed by atoms with E-state index in [1.807, 2.05) is 48.0 Å². The van der Waals surface area contributed by atoms with E-state index in [0.717, 1.165) is 16.9 Å². The topological polar surface area (TPSA) is 46.9 Å². The number of para-hydroxylation sites is 1. The minimum absolute atomic E-state index is 0.0816. The fraction of sp³-hybridized carbons (Fsp3) is 0.143. The lowest BCUT2D eigenvalue weighted by Crippen LogP contribution is -2.19. The van der Waals surface area contributed by atoms with E-state index in [1.165, 1.54) is 11.8 Å². The zero-order chi connectivity index (χ0) is 14.1. The summed E-state index contributed by atoms with van der Waals surface area (Å²) in [5, 5.41) is 7.12. The van der Waals surface area contributed by atoms with Gasteiger partial charge in [-0.3, -0.25) is 4.79 Å². The maximum Gasteiger partial charge on any atom is 0.259 e. The zero-order valence-electron chi connectivity index (χ0n) is 10.8. The van der Waals surface area contributed by atoms with Crippen molar-refractivity contribution in [1.29, 1.82) is 0 Å². The summed E-state index contributed by atoms with van der Waals surface area (Å²) in [5.74, 6) is -0.0816. The number of benzene rings is 1. The molecule has 1 fully saturated rings. The molecule has 102 valence electrons. The van der Waals surface area contributed by atoms with E-state index in [0.29, 0.717) is 4.91 Å². The first-order valence-corrected chi connectivity index (χ1v) is 7.52. The third kappa shape index (κ3) is 2.48. The Balaban J connectivity index is 1.96. The molecule has 0 saturated carbocycles. The summed E-state index contributed by atoms with van der Waals surface area (Å²) < 4.78 is 1.69. The summed E-state index contributed by atoms with van der Waals surface area (Å²) in [5.41, 5.74) is 2.94. The highest BCUT2D eigenvalue weighted by Gasteiger charge is 2.24. The molecule has 1 atom stereocenters. The number of nitrogens with one attached hydrogen (secondary N) is 1. The van der Waals surface area contributed by atoms with Crippen LogP contribution in [-0.4, -0.2) is 20.4 Å². The lowest BCUT2D eigenvalue weighted by atomic mass is 10.2. The van der Waals surface area contributed by atoms with Gasteiger partial charge in [0.15, 0.2) is 0 Å². The molecule has 1 N–H and O–H groups in total. The van der Waals surface area contributed by atoms with Gasteiger partial charge in [0.2, 0.25) is 0 Å².